The van der Waals surface area contributed by atoms with Crippen molar-refractivity contribution in [1.29, 1.82) is 0 Å². The molecule has 3 heteroatoms. The molecule has 0 aromatic heterocycles. The highest BCUT2D eigenvalue weighted by atomic mass is 16.3. The summed E-state index contributed by atoms with van der Waals surface area (Å²) >= 11 is 0. The summed E-state index contributed by atoms with van der Waals surface area (Å²) in [4.78, 5) is 0. The lowest BCUT2D eigenvalue weighted by Gasteiger charge is -2.41. The molecular weight excluding hydrogens is 288 g/mol. The lowest BCUT2D eigenvalue weighted by atomic mass is 9.68. The highest BCUT2D eigenvalue weighted by molar-refractivity contribution is 5.14. The summed E-state index contributed by atoms with van der Waals surface area (Å²) in [5.41, 5.74) is -1.99. The molecule has 1 unspecified atom stereocenters. The fourth-order valence-electron chi connectivity index (χ4n) is 4.58. The first kappa shape index (κ1) is 18.7. The maximum atomic E-state index is 11.0. The Kier molecular flexibility index (Phi) is 5.16. The second-order valence-electron chi connectivity index (χ2n) is 8.93. The van der Waals surface area contributed by atoms with Crippen LogP contribution >= 0.6 is 0 Å². The Morgan fingerprint density at radius 1 is 1.17 bits per heavy atom. The zero-order valence-electron chi connectivity index (χ0n) is 15.3. The largest absolute Gasteiger partial charge is 0.393 e. The topological polar surface area (TPSA) is 60.7 Å². The molecule has 0 amide bonds. The van der Waals surface area contributed by atoms with Crippen LogP contribution in [0.1, 0.15) is 60.3 Å². The van der Waals surface area contributed by atoms with E-state index in [1.54, 1.807) is 6.92 Å². The molecule has 3 N–H and O–H groups in total. The lowest BCUT2D eigenvalue weighted by Crippen LogP contribution is -2.45. The maximum absolute atomic E-state index is 11.0. The van der Waals surface area contributed by atoms with Crippen LogP contribution in [0.5, 0.6) is 0 Å². The van der Waals surface area contributed by atoms with E-state index in [-0.39, 0.29) is 17.3 Å². The van der Waals surface area contributed by atoms with Crippen molar-refractivity contribution in [3.63, 3.8) is 0 Å². The van der Waals surface area contributed by atoms with Gasteiger partial charge in [0.15, 0.2) is 0 Å². The van der Waals surface area contributed by atoms with Crippen LogP contribution in [0.2, 0.25) is 0 Å². The lowest BCUT2D eigenvalue weighted by molar-refractivity contribution is -0.0700. The molecule has 2 aliphatic rings. The first-order valence-electron chi connectivity index (χ1n) is 8.94. The number of rotatable bonds is 1. The molecule has 0 aliphatic heterocycles. The van der Waals surface area contributed by atoms with Gasteiger partial charge in [0, 0.05) is 6.42 Å². The van der Waals surface area contributed by atoms with Crippen molar-refractivity contribution in [2.24, 2.45) is 23.2 Å². The van der Waals surface area contributed by atoms with Gasteiger partial charge in [0.05, 0.1) is 17.3 Å². The van der Waals surface area contributed by atoms with Crippen LogP contribution in [0.4, 0.5) is 0 Å². The van der Waals surface area contributed by atoms with Gasteiger partial charge in [0.1, 0.15) is 0 Å². The maximum Gasteiger partial charge on any atom is 0.0824 e. The van der Waals surface area contributed by atoms with Crippen molar-refractivity contribution in [3.8, 4) is 0 Å². The Labute approximate surface area is 141 Å². The van der Waals surface area contributed by atoms with Crippen molar-refractivity contribution in [2.75, 3.05) is 0 Å². The molecular formula is C20H34O3. The Balaban J connectivity index is 2.43. The van der Waals surface area contributed by atoms with Gasteiger partial charge in [-0.25, -0.2) is 0 Å². The monoisotopic (exact) mass is 322 g/mol. The number of allylic oxidation sites excluding steroid dienone is 3. The third kappa shape index (κ3) is 4.26. The first-order valence-corrected chi connectivity index (χ1v) is 8.94. The Hall–Kier alpha value is -0.640. The van der Waals surface area contributed by atoms with E-state index in [0.29, 0.717) is 12.3 Å². The number of fused-ring (bicyclic) bond motifs is 1. The van der Waals surface area contributed by atoms with Crippen molar-refractivity contribution < 1.29 is 15.3 Å². The third-order valence-electron chi connectivity index (χ3n) is 5.92. The molecule has 1 saturated carbocycles. The van der Waals surface area contributed by atoms with Gasteiger partial charge in [0.2, 0.25) is 0 Å². The van der Waals surface area contributed by atoms with Crippen LogP contribution in [0.15, 0.2) is 24.3 Å². The van der Waals surface area contributed by atoms with Gasteiger partial charge in [-0.05, 0) is 63.2 Å². The van der Waals surface area contributed by atoms with Crippen LogP contribution in [0.25, 0.3) is 0 Å². The SMILES string of the molecule is C[C@H]1/C=C/[C@@]2(C)CC[C@@H](C(C)(C)O)C2[C@@H](O)C[C@](C)(O)/C=C/C1. The van der Waals surface area contributed by atoms with Gasteiger partial charge < -0.3 is 15.3 Å². The van der Waals surface area contributed by atoms with E-state index in [1.165, 1.54) is 0 Å². The van der Waals surface area contributed by atoms with Gasteiger partial charge in [-0.1, -0.05) is 38.2 Å². The molecule has 2 aliphatic carbocycles. The minimum Gasteiger partial charge on any atom is -0.393 e. The summed E-state index contributed by atoms with van der Waals surface area (Å²) < 4.78 is 0. The summed E-state index contributed by atoms with van der Waals surface area (Å²) in [5, 5.41) is 32.2. The molecule has 2 rings (SSSR count). The molecule has 6 atom stereocenters. The molecule has 23 heavy (non-hydrogen) atoms. The minimum atomic E-state index is -1.02. The van der Waals surface area contributed by atoms with Crippen LogP contribution < -0.4 is 0 Å². The standard InChI is InChI=1S/C20H34O3/c1-14-7-6-10-20(5,23)13-16(21)17-15(18(2,3)22)9-12-19(17,4)11-8-14/h6,8,10-11,14-17,21-23H,7,9,12-13H2,1-5H3/b10-6+,11-8+/t14-,15-,16+,17?,19+,20-/m1/s1. The second-order valence-corrected chi connectivity index (χ2v) is 8.93. The molecule has 0 aromatic carbocycles. The minimum absolute atomic E-state index is 0.0305. The van der Waals surface area contributed by atoms with E-state index in [4.69, 9.17) is 0 Å². The van der Waals surface area contributed by atoms with Gasteiger partial charge in [-0.15, -0.1) is 0 Å². The fraction of sp³-hybridized carbons (Fsp3) is 0.800. The molecule has 132 valence electrons. The van der Waals surface area contributed by atoms with Crippen LogP contribution in [-0.2, 0) is 0 Å². The van der Waals surface area contributed by atoms with Gasteiger partial charge in [-0.3, -0.25) is 0 Å². The van der Waals surface area contributed by atoms with Gasteiger partial charge in [0.25, 0.3) is 0 Å². The van der Waals surface area contributed by atoms with Gasteiger partial charge >= 0.3 is 0 Å². The van der Waals surface area contributed by atoms with E-state index in [0.717, 1.165) is 19.3 Å². The molecule has 0 bridgehead atoms. The van der Waals surface area contributed by atoms with Crippen molar-refractivity contribution in [3.05, 3.63) is 24.3 Å². The van der Waals surface area contributed by atoms with Crippen LogP contribution in [0.3, 0.4) is 0 Å². The molecule has 0 spiro atoms. The average molecular weight is 322 g/mol. The summed E-state index contributed by atoms with van der Waals surface area (Å²) in [7, 11) is 0. The molecule has 1 fully saturated rings. The van der Waals surface area contributed by atoms with Crippen molar-refractivity contribution in [2.45, 2.75) is 77.6 Å². The molecule has 0 heterocycles. The first-order chi connectivity index (χ1) is 10.4. The molecule has 3 nitrogen and oxygen atoms in total. The highest BCUT2D eigenvalue weighted by Crippen LogP contribution is 2.54. The number of hydrogen-bond donors (Lipinski definition) is 3. The van der Waals surface area contributed by atoms with E-state index in [1.807, 2.05) is 26.0 Å². The summed E-state index contributed by atoms with van der Waals surface area (Å²) in [6, 6.07) is 0. The van der Waals surface area contributed by atoms with Crippen LogP contribution in [0, 0.1) is 23.2 Å². The number of aliphatic hydroxyl groups excluding tert-OH is 1. The van der Waals surface area contributed by atoms with E-state index >= 15 is 0 Å². The smallest absolute Gasteiger partial charge is 0.0824 e. The Morgan fingerprint density at radius 2 is 1.83 bits per heavy atom. The predicted molar refractivity (Wildman–Crippen MR) is 93.9 cm³/mol. The zero-order valence-corrected chi connectivity index (χ0v) is 15.3. The summed E-state index contributed by atoms with van der Waals surface area (Å²) in [6.45, 7) is 9.80. The molecule has 0 saturated heterocycles. The number of hydrogen-bond acceptors (Lipinski definition) is 3. The van der Waals surface area contributed by atoms with Crippen molar-refractivity contribution >= 4 is 0 Å². The van der Waals surface area contributed by atoms with E-state index in [2.05, 4.69) is 26.0 Å². The quantitative estimate of drug-likeness (QED) is 0.648. The van der Waals surface area contributed by atoms with E-state index < -0.39 is 17.3 Å². The predicted octanol–water partition coefficient (Wildman–Crippen LogP) is 3.44. The highest BCUT2D eigenvalue weighted by Gasteiger charge is 2.52. The number of aliphatic hydroxyl groups is 3. The van der Waals surface area contributed by atoms with Crippen LogP contribution in [-0.4, -0.2) is 32.6 Å². The Morgan fingerprint density at radius 3 is 2.43 bits per heavy atom. The Bertz CT molecular complexity index is 472. The molecule has 0 radical (unpaired) electrons. The molecule has 0 aromatic rings. The van der Waals surface area contributed by atoms with Crippen molar-refractivity contribution in [1.82, 2.24) is 0 Å². The summed E-state index contributed by atoms with van der Waals surface area (Å²) in [6.07, 6.45) is 10.7. The fourth-order valence-corrected chi connectivity index (χ4v) is 4.58. The third-order valence-corrected chi connectivity index (χ3v) is 5.92. The normalized spacial score (nSPS) is 48.3. The van der Waals surface area contributed by atoms with E-state index in [9.17, 15) is 15.3 Å². The zero-order chi connectivity index (χ0) is 17.5. The van der Waals surface area contributed by atoms with Gasteiger partial charge in [-0.2, -0.15) is 0 Å². The average Bonchev–Trinajstić information content (AvgIpc) is 2.73. The second kappa shape index (κ2) is 6.34. The summed E-state index contributed by atoms with van der Waals surface area (Å²) in [5.74, 6) is 0.378.